The molecule has 0 saturated heterocycles. The zero-order valence-corrected chi connectivity index (χ0v) is 33.7. The number of phosphoric acid groups is 1. The summed E-state index contributed by atoms with van der Waals surface area (Å²) >= 11 is 0. The van der Waals surface area contributed by atoms with Crippen LogP contribution in [-0.4, -0.2) is 65.7 Å². The normalized spacial score (nSPS) is 14.3. The molecule has 11 heteroatoms. The van der Waals surface area contributed by atoms with Crippen LogP contribution >= 0.6 is 7.82 Å². The molecular weight excluding hydrogens is 683 g/mol. The van der Waals surface area contributed by atoms with E-state index in [0.717, 1.165) is 70.6 Å². The number of rotatable bonds is 38. The molecule has 0 rings (SSSR count). The summed E-state index contributed by atoms with van der Waals surface area (Å²) in [4.78, 5) is 34.4. The second-order valence-electron chi connectivity index (χ2n) is 13.6. The monoisotopic (exact) mass is 759 g/mol. The Morgan fingerprint density at radius 2 is 0.904 bits per heavy atom. The Morgan fingerprint density at radius 1 is 0.538 bits per heavy atom. The number of unbranched alkanes of at least 4 members (excludes halogenated alkanes) is 18. The van der Waals surface area contributed by atoms with Gasteiger partial charge in [-0.05, 0) is 44.9 Å². The summed E-state index contributed by atoms with van der Waals surface area (Å²) in [5.41, 5.74) is 0. The summed E-state index contributed by atoms with van der Waals surface area (Å²) in [6.07, 6.45) is 36.9. The second kappa shape index (κ2) is 37.5. The third kappa shape index (κ3) is 35.2. The van der Waals surface area contributed by atoms with Gasteiger partial charge in [0.05, 0.1) is 26.4 Å². The van der Waals surface area contributed by atoms with Gasteiger partial charge in [-0.3, -0.25) is 18.6 Å². The molecule has 0 spiro atoms. The molecule has 0 aromatic carbocycles. The number of phosphoric ester groups is 1. The van der Waals surface area contributed by atoms with Crippen molar-refractivity contribution in [2.75, 3.05) is 26.4 Å². The van der Waals surface area contributed by atoms with Gasteiger partial charge in [0.15, 0.2) is 0 Å². The molecule has 0 aromatic heterocycles. The zero-order chi connectivity index (χ0) is 38.4. The van der Waals surface area contributed by atoms with Crippen molar-refractivity contribution < 1.29 is 47.8 Å². The summed E-state index contributed by atoms with van der Waals surface area (Å²) in [6, 6.07) is 0. The van der Waals surface area contributed by atoms with Crippen LogP contribution in [0.15, 0.2) is 36.5 Å². The third-order valence-electron chi connectivity index (χ3n) is 8.62. The zero-order valence-electron chi connectivity index (χ0n) is 32.8. The van der Waals surface area contributed by atoms with Crippen molar-refractivity contribution in [2.24, 2.45) is 0 Å². The van der Waals surface area contributed by atoms with Crippen LogP contribution < -0.4 is 0 Å². The summed E-state index contributed by atoms with van der Waals surface area (Å²) in [7, 11) is -4.63. The maximum Gasteiger partial charge on any atom is 0.472 e. The minimum atomic E-state index is -4.63. The van der Waals surface area contributed by atoms with E-state index in [0.29, 0.717) is 12.8 Å². The minimum Gasteiger partial charge on any atom is -0.457 e. The topological polar surface area (TPSA) is 149 Å². The van der Waals surface area contributed by atoms with E-state index in [1.807, 2.05) is 0 Å². The average Bonchev–Trinajstić information content (AvgIpc) is 3.13. The Balaban J connectivity index is 3.95. The number of hydrogen-bond donors (Lipinski definition) is 3. The van der Waals surface area contributed by atoms with Crippen LogP contribution in [0.4, 0.5) is 0 Å². The van der Waals surface area contributed by atoms with Crippen LogP contribution in [0.5, 0.6) is 0 Å². The number of ether oxygens (including phenoxy) is 2. The van der Waals surface area contributed by atoms with Gasteiger partial charge < -0.3 is 24.6 Å². The predicted octanol–water partition coefficient (Wildman–Crippen LogP) is 10.4. The first-order valence-electron chi connectivity index (χ1n) is 20.4. The molecule has 304 valence electrons. The first kappa shape index (κ1) is 50.2. The van der Waals surface area contributed by atoms with Gasteiger partial charge in [0.25, 0.3) is 0 Å². The molecule has 0 fully saturated rings. The molecule has 3 N–H and O–H groups in total. The molecule has 3 atom stereocenters. The summed E-state index contributed by atoms with van der Waals surface area (Å²) < 4.78 is 32.5. The fourth-order valence-electron chi connectivity index (χ4n) is 5.48. The van der Waals surface area contributed by atoms with Crippen molar-refractivity contribution in [3.05, 3.63) is 36.5 Å². The molecule has 0 heterocycles. The lowest BCUT2D eigenvalue weighted by Gasteiger charge is -2.20. The lowest BCUT2D eigenvalue weighted by molar-refractivity contribution is -0.153. The number of carbonyl (C=O) groups is 2. The Bertz CT molecular complexity index is 967. The van der Waals surface area contributed by atoms with E-state index in [2.05, 4.69) is 50.3 Å². The van der Waals surface area contributed by atoms with Gasteiger partial charge >= 0.3 is 19.8 Å². The summed E-state index contributed by atoms with van der Waals surface area (Å²) in [5.74, 6) is -1.03. The van der Waals surface area contributed by atoms with Gasteiger partial charge in [-0.1, -0.05) is 153 Å². The highest BCUT2D eigenvalue weighted by Crippen LogP contribution is 2.43. The molecule has 0 bridgehead atoms. The van der Waals surface area contributed by atoms with E-state index in [1.165, 1.54) is 64.2 Å². The van der Waals surface area contributed by atoms with Crippen LogP contribution in [-0.2, 0) is 32.7 Å². The van der Waals surface area contributed by atoms with Gasteiger partial charge in [-0.25, -0.2) is 4.57 Å². The molecule has 0 aromatic rings. The van der Waals surface area contributed by atoms with Crippen LogP contribution in [0, 0.1) is 0 Å². The third-order valence-corrected chi connectivity index (χ3v) is 9.57. The standard InChI is InChI=1S/C41H75O10P/c1-3-5-7-9-11-13-15-17-18-19-20-21-23-25-27-29-31-33-41(45)51-39(35-43)37-49-52(46,47)48-36-38(34-42)50-40(44)32-30-28-26-24-22-16-14-12-10-8-6-4-2/h5,7,11,13,17-18,38-39,42-43H,3-4,6,8-10,12,14-16,19-37H2,1-2H3,(H,46,47)/b7-5-,13-11-,18-17-. The van der Waals surface area contributed by atoms with Crippen molar-refractivity contribution >= 4 is 19.8 Å². The highest BCUT2D eigenvalue weighted by molar-refractivity contribution is 7.47. The van der Waals surface area contributed by atoms with E-state index < -0.39 is 58.4 Å². The first-order valence-corrected chi connectivity index (χ1v) is 21.9. The van der Waals surface area contributed by atoms with Crippen LogP contribution in [0.25, 0.3) is 0 Å². The van der Waals surface area contributed by atoms with Crippen molar-refractivity contribution in [3.8, 4) is 0 Å². The van der Waals surface area contributed by atoms with Gasteiger partial charge in [0, 0.05) is 12.8 Å². The molecule has 0 saturated carbocycles. The Labute approximate surface area is 316 Å². The van der Waals surface area contributed by atoms with E-state index in [1.54, 1.807) is 0 Å². The second-order valence-corrected chi connectivity index (χ2v) is 15.0. The van der Waals surface area contributed by atoms with Crippen molar-refractivity contribution in [3.63, 3.8) is 0 Å². The van der Waals surface area contributed by atoms with Gasteiger partial charge in [-0.2, -0.15) is 0 Å². The van der Waals surface area contributed by atoms with Crippen LogP contribution in [0.1, 0.15) is 174 Å². The SMILES string of the molecule is CC/C=C\C/C=C\C/C=C\CCCCCCCCCC(=O)OC(CO)COP(=O)(O)OCC(CO)OC(=O)CCCCCCCCCCCCCC. The molecule has 0 aliphatic rings. The summed E-state index contributed by atoms with van der Waals surface area (Å²) in [6.45, 7) is 2.08. The predicted molar refractivity (Wildman–Crippen MR) is 210 cm³/mol. The van der Waals surface area contributed by atoms with Crippen LogP contribution in [0.3, 0.4) is 0 Å². The maximum absolute atomic E-state index is 12.3. The fraction of sp³-hybridized carbons (Fsp3) is 0.805. The molecule has 0 amide bonds. The van der Waals surface area contributed by atoms with Crippen molar-refractivity contribution in [1.82, 2.24) is 0 Å². The van der Waals surface area contributed by atoms with Gasteiger partial charge in [0.2, 0.25) is 0 Å². The average molecular weight is 759 g/mol. The molecule has 52 heavy (non-hydrogen) atoms. The molecule has 3 unspecified atom stereocenters. The number of esters is 2. The van der Waals surface area contributed by atoms with E-state index in [-0.39, 0.29) is 12.8 Å². The fourth-order valence-corrected chi connectivity index (χ4v) is 6.27. The van der Waals surface area contributed by atoms with E-state index >= 15 is 0 Å². The maximum atomic E-state index is 12.3. The smallest absolute Gasteiger partial charge is 0.457 e. The Kier molecular flexibility index (Phi) is 36.2. The Morgan fingerprint density at radius 3 is 1.31 bits per heavy atom. The molecule has 0 aliphatic carbocycles. The largest absolute Gasteiger partial charge is 0.472 e. The van der Waals surface area contributed by atoms with Gasteiger partial charge in [0.1, 0.15) is 12.2 Å². The quantitative estimate of drug-likeness (QED) is 0.0240. The lowest BCUT2D eigenvalue weighted by Crippen LogP contribution is -2.28. The number of hydrogen-bond acceptors (Lipinski definition) is 9. The highest BCUT2D eigenvalue weighted by Gasteiger charge is 2.27. The molecule has 0 aliphatic heterocycles. The number of carbonyl (C=O) groups excluding carboxylic acids is 2. The minimum absolute atomic E-state index is 0.181. The number of allylic oxidation sites excluding steroid dienone is 6. The Hall–Kier alpha value is -1.81. The van der Waals surface area contributed by atoms with E-state index in [4.69, 9.17) is 18.5 Å². The van der Waals surface area contributed by atoms with Crippen molar-refractivity contribution in [2.45, 2.75) is 187 Å². The molecule has 0 radical (unpaired) electrons. The first-order chi connectivity index (χ1) is 25.3. The van der Waals surface area contributed by atoms with Crippen molar-refractivity contribution in [1.29, 1.82) is 0 Å². The molecular formula is C41H75O10P. The molecule has 10 nitrogen and oxygen atoms in total. The van der Waals surface area contributed by atoms with Gasteiger partial charge in [-0.15, -0.1) is 0 Å². The number of aliphatic hydroxyl groups excluding tert-OH is 2. The number of aliphatic hydroxyl groups is 2. The van der Waals surface area contributed by atoms with Crippen LogP contribution in [0.2, 0.25) is 0 Å². The van der Waals surface area contributed by atoms with E-state index in [9.17, 15) is 29.3 Å². The summed E-state index contributed by atoms with van der Waals surface area (Å²) in [5, 5.41) is 19.1. The highest BCUT2D eigenvalue weighted by atomic mass is 31.2. The lowest BCUT2D eigenvalue weighted by atomic mass is 10.0.